The number of carbonyl (C=O) groups excluding carboxylic acids is 2. The van der Waals surface area contributed by atoms with E-state index in [2.05, 4.69) is 5.32 Å². The van der Waals surface area contributed by atoms with E-state index >= 15 is 0 Å². The molecule has 0 heterocycles. The fourth-order valence-electron chi connectivity index (χ4n) is 2.92. The van der Waals surface area contributed by atoms with Crippen LogP contribution in [0.15, 0.2) is 78.9 Å². The normalized spacial score (nSPS) is 11.7. The zero-order valence-electron chi connectivity index (χ0n) is 15.6. The Balaban J connectivity index is 1.76. The molecule has 148 valence electrons. The number of ether oxygens (including phenoxy) is 1. The molecule has 0 fully saturated rings. The molecule has 0 aromatic heterocycles. The van der Waals surface area contributed by atoms with Gasteiger partial charge in [0, 0.05) is 15.7 Å². The zero-order valence-corrected chi connectivity index (χ0v) is 17.2. The van der Waals surface area contributed by atoms with Crippen LogP contribution in [-0.2, 0) is 14.3 Å². The molecule has 0 spiro atoms. The van der Waals surface area contributed by atoms with Crippen molar-refractivity contribution in [1.29, 1.82) is 0 Å². The Kier molecular flexibility index (Phi) is 6.91. The van der Waals surface area contributed by atoms with Gasteiger partial charge in [0.1, 0.15) is 5.92 Å². The Morgan fingerprint density at radius 3 is 1.79 bits per heavy atom. The molecule has 3 aromatic carbocycles. The summed E-state index contributed by atoms with van der Waals surface area (Å²) in [6.07, 6.45) is -1.00. The van der Waals surface area contributed by atoms with E-state index in [1.165, 1.54) is 6.92 Å². The summed E-state index contributed by atoms with van der Waals surface area (Å²) in [4.78, 5) is 25.5. The molecule has 0 radical (unpaired) electrons. The number of rotatable bonds is 6. The Morgan fingerprint density at radius 1 is 0.828 bits per heavy atom. The van der Waals surface area contributed by atoms with E-state index in [4.69, 9.17) is 27.9 Å². The monoisotopic (exact) mass is 427 g/mol. The summed E-state index contributed by atoms with van der Waals surface area (Å²) in [5.74, 6) is -1.61. The van der Waals surface area contributed by atoms with Gasteiger partial charge in [0.2, 0.25) is 0 Å². The molecule has 0 aliphatic heterocycles. The molecule has 3 aromatic rings. The zero-order chi connectivity index (χ0) is 20.8. The van der Waals surface area contributed by atoms with Crippen LogP contribution in [0.5, 0.6) is 0 Å². The van der Waals surface area contributed by atoms with Crippen LogP contribution in [-0.4, -0.2) is 18.0 Å². The lowest BCUT2D eigenvalue weighted by Crippen LogP contribution is -2.32. The standard InChI is InChI=1S/C23H19Cl2NO3/c1-15(22(27)26-20-13-18(24)12-19(25)14-20)29-23(28)21(16-8-4-2-5-9-16)17-10-6-3-7-11-17/h2-15,21H,1H3,(H,26,27)/t15-/m0/s1. The molecule has 1 N–H and O–H groups in total. The van der Waals surface area contributed by atoms with Gasteiger partial charge in [-0.2, -0.15) is 0 Å². The van der Waals surface area contributed by atoms with Crippen molar-refractivity contribution in [1.82, 2.24) is 0 Å². The fourth-order valence-corrected chi connectivity index (χ4v) is 3.45. The van der Waals surface area contributed by atoms with Gasteiger partial charge in [0.25, 0.3) is 5.91 Å². The average Bonchev–Trinajstić information content (AvgIpc) is 2.69. The number of hydrogen-bond donors (Lipinski definition) is 1. The summed E-state index contributed by atoms with van der Waals surface area (Å²) in [6.45, 7) is 1.52. The third kappa shape index (κ3) is 5.59. The second kappa shape index (κ2) is 9.59. The number of nitrogens with one attached hydrogen (secondary N) is 1. The first-order valence-corrected chi connectivity index (χ1v) is 9.77. The van der Waals surface area contributed by atoms with Crippen LogP contribution in [0, 0.1) is 0 Å². The number of carbonyl (C=O) groups is 2. The maximum Gasteiger partial charge on any atom is 0.318 e. The van der Waals surface area contributed by atoms with Gasteiger partial charge in [-0.05, 0) is 36.2 Å². The third-order valence-electron chi connectivity index (χ3n) is 4.29. The van der Waals surface area contributed by atoms with Gasteiger partial charge in [-0.3, -0.25) is 9.59 Å². The maximum absolute atomic E-state index is 13.0. The van der Waals surface area contributed by atoms with Gasteiger partial charge in [0.05, 0.1) is 0 Å². The molecule has 1 atom stereocenters. The van der Waals surface area contributed by atoms with Gasteiger partial charge < -0.3 is 10.1 Å². The summed E-state index contributed by atoms with van der Waals surface area (Å²) in [5, 5.41) is 3.45. The molecule has 6 heteroatoms. The molecule has 0 aliphatic carbocycles. The largest absolute Gasteiger partial charge is 0.452 e. The van der Waals surface area contributed by atoms with Crippen molar-refractivity contribution in [3.63, 3.8) is 0 Å². The van der Waals surface area contributed by atoms with Crippen LogP contribution in [0.3, 0.4) is 0 Å². The highest BCUT2D eigenvalue weighted by Gasteiger charge is 2.27. The van der Waals surface area contributed by atoms with Gasteiger partial charge in [0.15, 0.2) is 6.10 Å². The van der Waals surface area contributed by atoms with Crippen LogP contribution >= 0.6 is 23.2 Å². The van der Waals surface area contributed by atoms with Crippen molar-refractivity contribution in [2.24, 2.45) is 0 Å². The highest BCUT2D eigenvalue weighted by molar-refractivity contribution is 6.35. The van der Waals surface area contributed by atoms with Gasteiger partial charge in [-0.25, -0.2) is 0 Å². The van der Waals surface area contributed by atoms with Gasteiger partial charge in [-0.1, -0.05) is 83.9 Å². The lowest BCUT2D eigenvalue weighted by molar-refractivity contribution is -0.153. The molecule has 0 saturated heterocycles. The molecular formula is C23H19Cl2NO3. The Bertz CT molecular complexity index is 934. The predicted octanol–water partition coefficient (Wildman–Crippen LogP) is 5.70. The molecule has 3 rings (SSSR count). The minimum atomic E-state index is -1.00. The van der Waals surface area contributed by atoms with Crippen LogP contribution < -0.4 is 5.32 Å². The van der Waals surface area contributed by atoms with Crippen LogP contribution in [0.1, 0.15) is 24.0 Å². The van der Waals surface area contributed by atoms with Crippen LogP contribution in [0.25, 0.3) is 0 Å². The summed E-state index contributed by atoms with van der Waals surface area (Å²) >= 11 is 11.9. The van der Waals surface area contributed by atoms with E-state index in [1.807, 2.05) is 60.7 Å². The number of amides is 1. The molecule has 29 heavy (non-hydrogen) atoms. The Hall–Kier alpha value is -2.82. The number of hydrogen-bond acceptors (Lipinski definition) is 3. The van der Waals surface area contributed by atoms with E-state index in [0.717, 1.165) is 11.1 Å². The van der Waals surface area contributed by atoms with Gasteiger partial charge in [-0.15, -0.1) is 0 Å². The van der Waals surface area contributed by atoms with Crippen LogP contribution in [0.4, 0.5) is 5.69 Å². The molecule has 4 nitrogen and oxygen atoms in total. The van der Waals surface area contributed by atoms with E-state index in [0.29, 0.717) is 15.7 Å². The van der Waals surface area contributed by atoms with Crippen molar-refractivity contribution < 1.29 is 14.3 Å². The second-order valence-corrected chi connectivity index (χ2v) is 7.35. The lowest BCUT2D eigenvalue weighted by atomic mass is 9.91. The van der Waals surface area contributed by atoms with Crippen LogP contribution in [0.2, 0.25) is 10.0 Å². The minimum Gasteiger partial charge on any atom is -0.452 e. The minimum absolute atomic E-state index is 0.394. The van der Waals surface area contributed by atoms with Gasteiger partial charge >= 0.3 is 5.97 Å². The average molecular weight is 428 g/mol. The number of esters is 1. The molecule has 0 aliphatic rings. The smallest absolute Gasteiger partial charge is 0.318 e. The number of benzene rings is 3. The summed E-state index contributed by atoms with van der Waals surface area (Å²) < 4.78 is 5.50. The second-order valence-electron chi connectivity index (χ2n) is 6.48. The summed E-state index contributed by atoms with van der Waals surface area (Å²) in [5.41, 5.74) is 2.01. The van der Waals surface area contributed by atoms with E-state index in [-0.39, 0.29) is 0 Å². The molecule has 0 saturated carbocycles. The molecular weight excluding hydrogens is 409 g/mol. The number of halogens is 2. The first-order chi connectivity index (χ1) is 13.9. The fraction of sp³-hybridized carbons (Fsp3) is 0.130. The first kappa shape index (κ1) is 20.9. The number of anilines is 1. The quantitative estimate of drug-likeness (QED) is 0.513. The van der Waals surface area contributed by atoms with Crippen molar-refractivity contribution >= 4 is 40.8 Å². The lowest BCUT2D eigenvalue weighted by Gasteiger charge is -2.20. The summed E-state index contributed by atoms with van der Waals surface area (Å²) in [6, 6.07) is 23.3. The highest BCUT2D eigenvalue weighted by atomic mass is 35.5. The van der Waals surface area contributed by atoms with E-state index in [1.54, 1.807) is 18.2 Å². The van der Waals surface area contributed by atoms with Crippen molar-refractivity contribution in [3.8, 4) is 0 Å². The van der Waals surface area contributed by atoms with E-state index < -0.39 is 23.9 Å². The maximum atomic E-state index is 13.0. The SMILES string of the molecule is C[C@H](OC(=O)C(c1ccccc1)c1ccccc1)C(=O)Nc1cc(Cl)cc(Cl)c1. The molecule has 0 bridgehead atoms. The Morgan fingerprint density at radius 2 is 1.31 bits per heavy atom. The van der Waals surface area contributed by atoms with Crippen molar-refractivity contribution in [2.45, 2.75) is 18.9 Å². The first-order valence-electron chi connectivity index (χ1n) is 9.01. The van der Waals surface area contributed by atoms with E-state index in [9.17, 15) is 9.59 Å². The van der Waals surface area contributed by atoms with Crippen molar-refractivity contribution in [2.75, 3.05) is 5.32 Å². The molecule has 1 amide bonds. The molecule has 0 unspecified atom stereocenters. The Labute approximate surface area is 179 Å². The summed E-state index contributed by atoms with van der Waals surface area (Å²) in [7, 11) is 0. The van der Waals surface area contributed by atoms with Crippen molar-refractivity contribution in [3.05, 3.63) is 100 Å². The third-order valence-corrected chi connectivity index (χ3v) is 4.73. The highest BCUT2D eigenvalue weighted by Crippen LogP contribution is 2.27. The topological polar surface area (TPSA) is 55.4 Å². The predicted molar refractivity (Wildman–Crippen MR) is 115 cm³/mol.